The Balaban J connectivity index is 2.32. The third kappa shape index (κ3) is 4.31. The summed E-state index contributed by atoms with van der Waals surface area (Å²) in [6.45, 7) is 0. The molecule has 0 amide bonds. The zero-order valence-electron chi connectivity index (χ0n) is 8.02. The fourth-order valence-electron chi connectivity index (χ4n) is 0.956. The Morgan fingerprint density at radius 2 is 2.07 bits per heavy atom. The van der Waals surface area contributed by atoms with Crippen LogP contribution in [0.3, 0.4) is 0 Å². The first-order chi connectivity index (χ1) is 7.09. The summed E-state index contributed by atoms with van der Waals surface area (Å²) in [6.07, 6.45) is 0. The van der Waals surface area contributed by atoms with Crippen LogP contribution in [0.25, 0.3) is 0 Å². The monoisotopic (exact) mass is 229 g/mol. The quantitative estimate of drug-likeness (QED) is 0.802. The number of hydrogen-bond acceptors (Lipinski definition) is 3. The summed E-state index contributed by atoms with van der Waals surface area (Å²) in [6, 6.07) is 5.28. The van der Waals surface area contributed by atoms with E-state index in [1.165, 1.54) is 23.9 Å². The van der Waals surface area contributed by atoms with Gasteiger partial charge >= 0.3 is 5.97 Å². The minimum absolute atomic E-state index is 0.272. The first kappa shape index (κ1) is 12.0. The first-order valence-corrected chi connectivity index (χ1v) is 5.55. The van der Waals surface area contributed by atoms with Gasteiger partial charge in [-0.25, -0.2) is 4.39 Å². The third-order valence-corrected chi connectivity index (χ3v) is 2.93. The van der Waals surface area contributed by atoms with Crippen LogP contribution in [0.15, 0.2) is 24.3 Å². The van der Waals surface area contributed by atoms with Crippen molar-refractivity contribution in [1.82, 2.24) is 0 Å². The molecule has 0 fully saturated rings. The van der Waals surface area contributed by atoms with Crippen molar-refractivity contribution in [2.75, 3.05) is 5.75 Å². The van der Waals surface area contributed by atoms with Crippen LogP contribution in [0.2, 0.25) is 0 Å². The van der Waals surface area contributed by atoms with Crippen LogP contribution in [0.4, 0.5) is 4.39 Å². The van der Waals surface area contributed by atoms with Crippen LogP contribution in [0.5, 0.6) is 0 Å². The number of carbonyl (C=O) groups is 1. The van der Waals surface area contributed by atoms with Crippen molar-refractivity contribution < 1.29 is 14.3 Å². The van der Waals surface area contributed by atoms with E-state index in [1.807, 2.05) is 0 Å². The molecule has 1 rings (SSSR count). The summed E-state index contributed by atoms with van der Waals surface area (Å²) in [5, 5.41) is 8.53. The molecule has 15 heavy (non-hydrogen) atoms. The van der Waals surface area contributed by atoms with E-state index >= 15 is 0 Å². The van der Waals surface area contributed by atoms with Gasteiger partial charge in [-0.05, 0) is 17.7 Å². The maximum absolute atomic E-state index is 12.5. The van der Waals surface area contributed by atoms with Crippen LogP contribution in [-0.2, 0) is 10.5 Å². The van der Waals surface area contributed by atoms with E-state index in [2.05, 4.69) is 0 Å². The predicted octanol–water partition coefficient (Wildman–Crippen LogP) is 1.47. The van der Waals surface area contributed by atoms with Crippen LogP contribution in [-0.4, -0.2) is 22.9 Å². The molecule has 0 spiro atoms. The Labute approximate surface area is 91.5 Å². The lowest BCUT2D eigenvalue weighted by atomic mass is 10.2. The standard InChI is InChI=1S/C10H12FNO2S/c11-8-3-1-7(2-4-8)5-15-6-9(12)10(13)14/h1-4,9H,5-6,12H2,(H,13,14). The zero-order chi connectivity index (χ0) is 11.3. The van der Waals surface area contributed by atoms with Gasteiger partial charge in [0.15, 0.2) is 0 Å². The smallest absolute Gasteiger partial charge is 0.321 e. The Morgan fingerprint density at radius 1 is 1.47 bits per heavy atom. The molecule has 3 nitrogen and oxygen atoms in total. The van der Waals surface area contributed by atoms with Gasteiger partial charge in [-0.2, -0.15) is 11.8 Å². The summed E-state index contributed by atoms with van der Waals surface area (Å²) in [4.78, 5) is 10.4. The molecule has 1 aromatic rings. The number of carboxylic acids is 1. The summed E-state index contributed by atoms with van der Waals surface area (Å²) in [5.41, 5.74) is 6.28. The van der Waals surface area contributed by atoms with Crippen LogP contribution < -0.4 is 5.73 Å². The summed E-state index contributed by atoms with van der Waals surface area (Å²) in [5.74, 6) is -0.277. The van der Waals surface area contributed by atoms with Gasteiger partial charge in [-0.15, -0.1) is 0 Å². The number of carboxylic acid groups (broad SMARTS) is 1. The predicted molar refractivity (Wildman–Crippen MR) is 58.2 cm³/mol. The number of rotatable bonds is 5. The maximum atomic E-state index is 12.5. The van der Waals surface area contributed by atoms with Gasteiger partial charge in [0.05, 0.1) is 0 Å². The van der Waals surface area contributed by atoms with Gasteiger partial charge in [0.1, 0.15) is 11.9 Å². The molecule has 82 valence electrons. The lowest BCUT2D eigenvalue weighted by molar-refractivity contribution is -0.137. The SMILES string of the molecule is NC(CSCc1ccc(F)cc1)C(=O)O. The molecular weight excluding hydrogens is 217 g/mol. The summed E-state index contributed by atoms with van der Waals surface area (Å²) < 4.78 is 12.5. The summed E-state index contributed by atoms with van der Waals surface area (Å²) >= 11 is 1.42. The number of halogens is 1. The van der Waals surface area contributed by atoms with Gasteiger partial charge in [-0.3, -0.25) is 4.79 Å². The highest BCUT2D eigenvalue weighted by atomic mass is 32.2. The fourth-order valence-corrected chi connectivity index (χ4v) is 1.90. The Bertz CT molecular complexity index is 329. The number of benzene rings is 1. The van der Waals surface area contributed by atoms with E-state index in [0.717, 1.165) is 5.56 Å². The second kappa shape index (κ2) is 5.72. The van der Waals surface area contributed by atoms with Crippen molar-refractivity contribution >= 4 is 17.7 Å². The van der Waals surface area contributed by atoms with Gasteiger partial charge < -0.3 is 10.8 Å². The van der Waals surface area contributed by atoms with Gasteiger partial charge in [0.2, 0.25) is 0 Å². The topological polar surface area (TPSA) is 63.3 Å². The molecule has 0 aliphatic rings. The fraction of sp³-hybridized carbons (Fsp3) is 0.300. The average molecular weight is 229 g/mol. The van der Waals surface area contributed by atoms with Crippen LogP contribution in [0, 0.1) is 5.82 Å². The van der Waals surface area contributed by atoms with E-state index in [-0.39, 0.29) is 5.82 Å². The molecule has 1 unspecified atom stereocenters. The van der Waals surface area contributed by atoms with E-state index in [9.17, 15) is 9.18 Å². The molecular formula is C10H12FNO2S. The molecule has 3 N–H and O–H groups in total. The lowest BCUT2D eigenvalue weighted by Gasteiger charge is -2.05. The van der Waals surface area contributed by atoms with Crippen LogP contribution >= 0.6 is 11.8 Å². The number of hydrogen-bond donors (Lipinski definition) is 2. The van der Waals surface area contributed by atoms with Crippen molar-refractivity contribution in [2.24, 2.45) is 5.73 Å². The Morgan fingerprint density at radius 3 is 2.60 bits per heavy atom. The highest BCUT2D eigenvalue weighted by Gasteiger charge is 2.10. The van der Waals surface area contributed by atoms with Gasteiger partial charge in [0, 0.05) is 11.5 Å². The molecule has 1 atom stereocenters. The van der Waals surface area contributed by atoms with Gasteiger partial charge in [-0.1, -0.05) is 12.1 Å². The summed E-state index contributed by atoms with van der Waals surface area (Å²) in [7, 11) is 0. The molecule has 0 aromatic heterocycles. The molecule has 0 heterocycles. The van der Waals surface area contributed by atoms with Crippen molar-refractivity contribution in [3.8, 4) is 0 Å². The highest BCUT2D eigenvalue weighted by Crippen LogP contribution is 2.13. The molecule has 0 aliphatic heterocycles. The second-order valence-electron chi connectivity index (χ2n) is 3.09. The second-order valence-corrected chi connectivity index (χ2v) is 4.12. The number of aliphatic carboxylic acids is 1. The number of thioether (sulfide) groups is 1. The van der Waals surface area contributed by atoms with Crippen molar-refractivity contribution in [2.45, 2.75) is 11.8 Å². The minimum Gasteiger partial charge on any atom is -0.480 e. The van der Waals surface area contributed by atoms with Crippen LogP contribution in [0.1, 0.15) is 5.56 Å². The first-order valence-electron chi connectivity index (χ1n) is 4.40. The van der Waals surface area contributed by atoms with E-state index in [0.29, 0.717) is 11.5 Å². The lowest BCUT2D eigenvalue weighted by Crippen LogP contribution is -2.32. The Hall–Kier alpha value is -1.07. The van der Waals surface area contributed by atoms with Crippen molar-refractivity contribution in [3.63, 3.8) is 0 Å². The minimum atomic E-state index is -0.999. The van der Waals surface area contributed by atoms with Gasteiger partial charge in [0.25, 0.3) is 0 Å². The molecule has 0 bridgehead atoms. The van der Waals surface area contributed by atoms with Crippen molar-refractivity contribution in [1.29, 1.82) is 0 Å². The zero-order valence-corrected chi connectivity index (χ0v) is 8.84. The van der Waals surface area contributed by atoms with E-state index in [1.54, 1.807) is 12.1 Å². The van der Waals surface area contributed by atoms with Crippen molar-refractivity contribution in [3.05, 3.63) is 35.6 Å². The number of nitrogens with two attached hydrogens (primary N) is 1. The molecule has 5 heteroatoms. The maximum Gasteiger partial charge on any atom is 0.321 e. The molecule has 0 aliphatic carbocycles. The average Bonchev–Trinajstić information content (AvgIpc) is 2.20. The highest BCUT2D eigenvalue weighted by molar-refractivity contribution is 7.98. The van der Waals surface area contributed by atoms with E-state index < -0.39 is 12.0 Å². The largest absolute Gasteiger partial charge is 0.480 e. The molecule has 0 saturated carbocycles. The molecule has 0 saturated heterocycles. The third-order valence-electron chi connectivity index (χ3n) is 1.80. The molecule has 1 aromatic carbocycles. The normalized spacial score (nSPS) is 12.4. The van der Waals surface area contributed by atoms with E-state index in [4.69, 9.17) is 10.8 Å². The Kier molecular flexibility index (Phi) is 4.58. The molecule has 0 radical (unpaired) electrons.